The maximum atomic E-state index is 5.61. The molecule has 1 aromatic rings. The smallest absolute Gasteiger partial charge is 0.162 e. The van der Waals surface area contributed by atoms with Crippen molar-refractivity contribution in [1.29, 1.82) is 0 Å². The molecule has 0 aromatic heterocycles. The average Bonchev–Trinajstić information content (AvgIpc) is 2.33. The highest BCUT2D eigenvalue weighted by atomic mass is 16.7. The Labute approximate surface area is 103 Å². The van der Waals surface area contributed by atoms with Crippen LogP contribution in [-0.2, 0) is 15.9 Å². The third kappa shape index (κ3) is 3.45. The van der Waals surface area contributed by atoms with Gasteiger partial charge in [0.25, 0.3) is 0 Å². The van der Waals surface area contributed by atoms with Gasteiger partial charge in [0.05, 0.1) is 19.3 Å². The topological polar surface area (TPSA) is 30.5 Å². The summed E-state index contributed by atoms with van der Waals surface area (Å²) in [5.74, 6) is -0.440. The van der Waals surface area contributed by atoms with E-state index < -0.39 is 5.79 Å². The number of nitrogens with one attached hydrogen (secondary N) is 1. The van der Waals surface area contributed by atoms with Gasteiger partial charge in [-0.3, -0.25) is 0 Å². The molecule has 0 unspecified atom stereocenters. The zero-order valence-electron chi connectivity index (χ0n) is 10.8. The lowest BCUT2D eigenvalue weighted by Crippen LogP contribution is -2.45. The minimum Gasteiger partial charge on any atom is -0.378 e. The van der Waals surface area contributed by atoms with Gasteiger partial charge in [-0.1, -0.05) is 19.1 Å². The molecule has 1 aromatic carbocycles. The van der Waals surface area contributed by atoms with Crippen LogP contribution in [0.3, 0.4) is 0 Å². The summed E-state index contributed by atoms with van der Waals surface area (Å²) in [5.41, 5.74) is 2.48. The summed E-state index contributed by atoms with van der Waals surface area (Å²) in [5, 5.41) is 3.42. The first-order valence-electron chi connectivity index (χ1n) is 6.22. The second kappa shape index (κ2) is 5.07. The number of hydrogen-bond donors (Lipinski definition) is 1. The molecule has 1 heterocycles. The van der Waals surface area contributed by atoms with Gasteiger partial charge in [0.2, 0.25) is 0 Å². The molecule has 1 saturated heterocycles. The van der Waals surface area contributed by atoms with Crippen LogP contribution >= 0.6 is 0 Å². The van der Waals surface area contributed by atoms with Gasteiger partial charge in [0.15, 0.2) is 5.79 Å². The largest absolute Gasteiger partial charge is 0.378 e. The number of benzene rings is 1. The van der Waals surface area contributed by atoms with Crippen molar-refractivity contribution in [3.63, 3.8) is 0 Å². The minimum atomic E-state index is -0.440. The Hall–Kier alpha value is -1.06. The van der Waals surface area contributed by atoms with E-state index in [-0.39, 0.29) is 6.04 Å². The molecule has 1 N–H and O–H groups in total. The predicted molar refractivity (Wildman–Crippen MR) is 69.2 cm³/mol. The molecule has 0 spiro atoms. The Bertz CT molecular complexity index is 349. The van der Waals surface area contributed by atoms with E-state index in [1.54, 1.807) is 0 Å². The van der Waals surface area contributed by atoms with Gasteiger partial charge in [-0.05, 0) is 38.0 Å². The van der Waals surface area contributed by atoms with Crippen molar-refractivity contribution in [2.45, 2.75) is 39.0 Å². The highest BCUT2D eigenvalue weighted by molar-refractivity contribution is 5.45. The fourth-order valence-electron chi connectivity index (χ4n) is 1.85. The van der Waals surface area contributed by atoms with Crippen LogP contribution in [0.25, 0.3) is 0 Å². The highest BCUT2D eigenvalue weighted by Gasteiger charge is 2.27. The molecule has 0 amide bonds. The summed E-state index contributed by atoms with van der Waals surface area (Å²) < 4.78 is 11.2. The zero-order chi connectivity index (χ0) is 12.3. The molecule has 0 radical (unpaired) electrons. The first-order valence-corrected chi connectivity index (χ1v) is 6.22. The zero-order valence-corrected chi connectivity index (χ0v) is 10.8. The van der Waals surface area contributed by atoms with Gasteiger partial charge < -0.3 is 14.8 Å². The Morgan fingerprint density at radius 1 is 1.18 bits per heavy atom. The van der Waals surface area contributed by atoms with Crippen LogP contribution in [0.1, 0.15) is 26.3 Å². The third-order valence-corrected chi connectivity index (χ3v) is 3.00. The molecule has 2 rings (SSSR count). The van der Waals surface area contributed by atoms with Crippen molar-refractivity contribution < 1.29 is 9.47 Å². The predicted octanol–water partition coefficient (Wildman–Crippen LogP) is 2.81. The summed E-state index contributed by atoms with van der Waals surface area (Å²) in [7, 11) is 0. The van der Waals surface area contributed by atoms with Crippen molar-refractivity contribution >= 4 is 5.69 Å². The van der Waals surface area contributed by atoms with E-state index in [1.165, 1.54) is 5.56 Å². The van der Waals surface area contributed by atoms with Gasteiger partial charge in [-0.2, -0.15) is 0 Å². The van der Waals surface area contributed by atoms with Crippen LogP contribution in [0, 0.1) is 0 Å². The molecule has 3 heteroatoms. The molecular formula is C14H21NO2. The molecule has 0 bridgehead atoms. The molecule has 0 aliphatic carbocycles. The lowest BCUT2D eigenvalue weighted by molar-refractivity contribution is -0.247. The van der Waals surface area contributed by atoms with E-state index >= 15 is 0 Å². The van der Waals surface area contributed by atoms with E-state index in [9.17, 15) is 0 Å². The van der Waals surface area contributed by atoms with E-state index in [0.29, 0.717) is 13.2 Å². The van der Waals surface area contributed by atoms with Crippen molar-refractivity contribution in [3.8, 4) is 0 Å². The van der Waals surface area contributed by atoms with E-state index in [2.05, 4.69) is 36.5 Å². The maximum absolute atomic E-state index is 5.61. The number of rotatable bonds is 3. The summed E-state index contributed by atoms with van der Waals surface area (Å²) in [4.78, 5) is 0. The average molecular weight is 235 g/mol. The number of aryl methyl sites for hydroxylation is 1. The van der Waals surface area contributed by atoms with Gasteiger partial charge in [-0.25, -0.2) is 0 Å². The summed E-state index contributed by atoms with van der Waals surface area (Å²) in [6.07, 6.45) is 1.07. The summed E-state index contributed by atoms with van der Waals surface area (Å²) in [6, 6.07) is 8.75. The van der Waals surface area contributed by atoms with Gasteiger partial charge in [0.1, 0.15) is 0 Å². The lowest BCUT2D eigenvalue weighted by Gasteiger charge is -2.35. The van der Waals surface area contributed by atoms with Crippen LogP contribution < -0.4 is 5.32 Å². The van der Waals surface area contributed by atoms with Crippen molar-refractivity contribution in [2.75, 3.05) is 18.5 Å². The first-order chi connectivity index (χ1) is 8.09. The number of hydrogen-bond acceptors (Lipinski definition) is 3. The molecule has 3 nitrogen and oxygen atoms in total. The molecule has 94 valence electrons. The molecule has 0 saturated carbocycles. The highest BCUT2D eigenvalue weighted by Crippen LogP contribution is 2.19. The van der Waals surface area contributed by atoms with Crippen LogP contribution in [0.4, 0.5) is 5.69 Å². The maximum Gasteiger partial charge on any atom is 0.162 e. The molecule has 0 atom stereocenters. The van der Waals surface area contributed by atoms with Crippen LogP contribution in [-0.4, -0.2) is 25.0 Å². The fourth-order valence-corrected chi connectivity index (χ4v) is 1.85. The SMILES string of the molecule is CCc1ccc(NC2COC(C)(C)OC2)cc1. The molecule has 1 aliphatic rings. The molecule has 17 heavy (non-hydrogen) atoms. The van der Waals surface area contributed by atoms with E-state index in [4.69, 9.17) is 9.47 Å². The Morgan fingerprint density at radius 3 is 2.29 bits per heavy atom. The van der Waals surface area contributed by atoms with E-state index in [0.717, 1.165) is 12.1 Å². The minimum absolute atomic E-state index is 0.232. The summed E-state index contributed by atoms with van der Waals surface area (Å²) >= 11 is 0. The fraction of sp³-hybridized carbons (Fsp3) is 0.571. The van der Waals surface area contributed by atoms with E-state index in [1.807, 2.05) is 13.8 Å². The van der Waals surface area contributed by atoms with Crippen LogP contribution in [0.5, 0.6) is 0 Å². The number of anilines is 1. The monoisotopic (exact) mass is 235 g/mol. The quantitative estimate of drug-likeness (QED) is 0.874. The third-order valence-electron chi connectivity index (χ3n) is 3.00. The Morgan fingerprint density at radius 2 is 1.76 bits per heavy atom. The van der Waals surface area contributed by atoms with Crippen molar-refractivity contribution in [1.82, 2.24) is 0 Å². The van der Waals surface area contributed by atoms with Crippen molar-refractivity contribution in [2.24, 2.45) is 0 Å². The van der Waals surface area contributed by atoms with Crippen molar-refractivity contribution in [3.05, 3.63) is 29.8 Å². The number of ether oxygens (including phenoxy) is 2. The van der Waals surface area contributed by atoms with Gasteiger partial charge in [-0.15, -0.1) is 0 Å². The second-order valence-corrected chi connectivity index (χ2v) is 4.91. The van der Waals surface area contributed by atoms with Gasteiger partial charge >= 0.3 is 0 Å². The molecular weight excluding hydrogens is 214 g/mol. The Balaban J connectivity index is 1.89. The standard InChI is InChI=1S/C14H21NO2/c1-4-11-5-7-12(8-6-11)15-13-9-16-14(2,3)17-10-13/h5-8,13,15H,4,9-10H2,1-3H3. The normalized spacial score (nSPS) is 20.2. The lowest BCUT2D eigenvalue weighted by atomic mass is 10.1. The first kappa shape index (κ1) is 12.4. The summed E-state index contributed by atoms with van der Waals surface area (Å²) in [6.45, 7) is 7.41. The van der Waals surface area contributed by atoms with Crippen LogP contribution in [0.15, 0.2) is 24.3 Å². The Kier molecular flexibility index (Phi) is 3.69. The van der Waals surface area contributed by atoms with Crippen LogP contribution in [0.2, 0.25) is 0 Å². The molecule has 1 aliphatic heterocycles. The van der Waals surface area contributed by atoms with Gasteiger partial charge in [0, 0.05) is 5.69 Å². The second-order valence-electron chi connectivity index (χ2n) is 4.91. The molecule has 1 fully saturated rings.